The topological polar surface area (TPSA) is 36.1 Å². The van der Waals surface area contributed by atoms with Gasteiger partial charge in [0.05, 0.1) is 5.56 Å². The number of rotatable bonds is 1. The molecule has 1 aromatic heterocycles. The fourth-order valence-electron chi connectivity index (χ4n) is 2.13. The van der Waals surface area contributed by atoms with Crippen LogP contribution in [0.25, 0.3) is 0 Å². The van der Waals surface area contributed by atoms with Crippen molar-refractivity contribution in [1.82, 2.24) is 9.88 Å². The minimum atomic E-state index is 0.190. The number of nitrogens with one attached hydrogen (secondary N) is 1. The molecule has 1 saturated heterocycles. The zero-order chi connectivity index (χ0) is 10.7. The van der Waals surface area contributed by atoms with Crippen LogP contribution in [0, 0.1) is 6.92 Å². The molecule has 0 spiro atoms. The van der Waals surface area contributed by atoms with E-state index in [1.165, 1.54) is 12.8 Å². The smallest absolute Gasteiger partial charge is 0.255 e. The predicted molar refractivity (Wildman–Crippen MR) is 59.9 cm³/mol. The van der Waals surface area contributed by atoms with E-state index in [0.717, 1.165) is 37.2 Å². The van der Waals surface area contributed by atoms with Gasteiger partial charge in [-0.3, -0.25) is 4.79 Å². The van der Waals surface area contributed by atoms with Gasteiger partial charge in [0, 0.05) is 25.0 Å². The van der Waals surface area contributed by atoms with Gasteiger partial charge in [0.25, 0.3) is 5.91 Å². The van der Waals surface area contributed by atoms with Gasteiger partial charge in [-0.25, -0.2) is 0 Å². The Balaban J connectivity index is 2.09. The van der Waals surface area contributed by atoms with Gasteiger partial charge >= 0.3 is 0 Å². The van der Waals surface area contributed by atoms with Crippen LogP contribution in [0.1, 0.15) is 41.7 Å². The van der Waals surface area contributed by atoms with Gasteiger partial charge in [-0.05, 0) is 25.8 Å². The summed E-state index contributed by atoms with van der Waals surface area (Å²) in [5.41, 5.74) is 1.81. The third kappa shape index (κ3) is 2.22. The highest BCUT2D eigenvalue weighted by Crippen LogP contribution is 2.14. The SMILES string of the molecule is Cc1[nH]ccc1C(=O)N1CCCCCC1. The summed E-state index contributed by atoms with van der Waals surface area (Å²) >= 11 is 0. The number of hydrogen-bond acceptors (Lipinski definition) is 1. The van der Waals surface area contributed by atoms with Gasteiger partial charge in [-0.15, -0.1) is 0 Å². The Labute approximate surface area is 90.5 Å². The van der Waals surface area contributed by atoms with Gasteiger partial charge in [0.15, 0.2) is 0 Å². The second-order valence-corrected chi connectivity index (χ2v) is 4.22. The van der Waals surface area contributed by atoms with Crippen molar-refractivity contribution in [3.63, 3.8) is 0 Å². The highest BCUT2D eigenvalue weighted by Gasteiger charge is 2.18. The normalized spacial score (nSPS) is 17.5. The molecule has 1 fully saturated rings. The molecule has 1 amide bonds. The van der Waals surface area contributed by atoms with E-state index in [9.17, 15) is 4.79 Å². The summed E-state index contributed by atoms with van der Waals surface area (Å²) in [6.45, 7) is 3.79. The lowest BCUT2D eigenvalue weighted by Crippen LogP contribution is -2.31. The Morgan fingerprint density at radius 2 is 1.93 bits per heavy atom. The zero-order valence-corrected chi connectivity index (χ0v) is 9.25. The van der Waals surface area contributed by atoms with Crippen molar-refractivity contribution in [3.05, 3.63) is 23.5 Å². The third-order valence-corrected chi connectivity index (χ3v) is 3.08. The van der Waals surface area contributed by atoms with E-state index in [2.05, 4.69) is 4.98 Å². The molecule has 1 aliphatic heterocycles. The van der Waals surface area contributed by atoms with E-state index in [0.29, 0.717) is 0 Å². The second-order valence-electron chi connectivity index (χ2n) is 4.22. The number of aryl methyl sites for hydroxylation is 1. The Morgan fingerprint density at radius 1 is 1.27 bits per heavy atom. The molecule has 2 rings (SSSR count). The first-order valence-electron chi connectivity index (χ1n) is 5.72. The van der Waals surface area contributed by atoms with Crippen LogP contribution in [0.5, 0.6) is 0 Å². The maximum absolute atomic E-state index is 12.1. The lowest BCUT2D eigenvalue weighted by molar-refractivity contribution is 0.0761. The number of aromatic amines is 1. The number of likely N-dealkylation sites (tertiary alicyclic amines) is 1. The predicted octanol–water partition coefficient (Wildman–Crippen LogP) is 2.34. The van der Waals surface area contributed by atoms with Crippen molar-refractivity contribution >= 4 is 5.91 Å². The number of aromatic nitrogens is 1. The Hall–Kier alpha value is -1.25. The van der Waals surface area contributed by atoms with Gasteiger partial charge in [-0.2, -0.15) is 0 Å². The van der Waals surface area contributed by atoms with Crippen LogP contribution >= 0.6 is 0 Å². The summed E-state index contributed by atoms with van der Waals surface area (Å²) in [5.74, 6) is 0.190. The maximum atomic E-state index is 12.1. The van der Waals surface area contributed by atoms with Crippen LogP contribution in [-0.2, 0) is 0 Å². The maximum Gasteiger partial charge on any atom is 0.255 e. The Bertz CT molecular complexity index is 335. The third-order valence-electron chi connectivity index (χ3n) is 3.08. The minimum absolute atomic E-state index is 0.190. The van der Waals surface area contributed by atoms with E-state index in [1.54, 1.807) is 0 Å². The summed E-state index contributed by atoms with van der Waals surface area (Å²) in [5, 5.41) is 0. The monoisotopic (exact) mass is 206 g/mol. The van der Waals surface area contributed by atoms with Crippen molar-refractivity contribution in [2.75, 3.05) is 13.1 Å². The summed E-state index contributed by atoms with van der Waals surface area (Å²) in [7, 11) is 0. The van der Waals surface area contributed by atoms with Crippen LogP contribution < -0.4 is 0 Å². The first-order valence-corrected chi connectivity index (χ1v) is 5.72. The van der Waals surface area contributed by atoms with Gasteiger partial charge in [-0.1, -0.05) is 12.8 Å². The van der Waals surface area contributed by atoms with Crippen molar-refractivity contribution in [2.45, 2.75) is 32.6 Å². The molecule has 82 valence electrons. The Kier molecular flexibility index (Phi) is 3.09. The van der Waals surface area contributed by atoms with Crippen molar-refractivity contribution in [1.29, 1.82) is 0 Å². The average Bonchev–Trinajstić information content (AvgIpc) is 2.53. The Morgan fingerprint density at radius 3 is 2.47 bits per heavy atom. The van der Waals surface area contributed by atoms with Gasteiger partial charge < -0.3 is 9.88 Å². The molecule has 0 unspecified atom stereocenters. The fraction of sp³-hybridized carbons (Fsp3) is 0.583. The van der Waals surface area contributed by atoms with Gasteiger partial charge in [0.1, 0.15) is 0 Å². The van der Waals surface area contributed by atoms with Crippen molar-refractivity contribution in [2.24, 2.45) is 0 Å². The molecule has 0 atom stereocenters. The first kappa shape index (κ1) is 10.3. The van der Waals surface area contributed by atoms with E-state index >= 15 is 0 Å². The molecule has 0 saturated carbocycles. The van der Waals surface area contributed by atoms with Crippen molar-refractivity contribution < 1.29 is 4.79 Å². The molecule has 0 radical (unpaired) electrons. The fourth-order valence-corrected chi connectivity index (χ4v) is 2.13. The first-order chi connectivity index (χ1) is 7.29. The van der Waals surface area contributed by atoms with Crippen LogP contribution in [-0.4, -0.2) is 28.9 Å². The standard InChI is InChI=1S/C12H18N2O/c1-10-11(6-7-13-10)12(15)14-8-4-2-3-5-9-14/h6-7,13H,2-5,8-9H2,1H3. The number of hydrogen-bond donors (Lipinski definition) is 1. The molecule has 15 heavy (non-hydrogen) atoms. The highest BCUT2D eigenvalue weighted by molar-refractivity contribution is 5.95. The average molecular weight is 206 g/mol. The lowest BCUT2D eigenvalue weighted by atomic mass is 10.2. The van der Waals surface area contributed by atoms with E-state index in [-0.39, 0.29) is 5.91 Å². The minimum Gasteiger partial charge on any atom is -0.365 e. The van der Waals surface area contributed by atoms with E-state index < -0.39 is 0 Å². The van der Waals surface area contributed by atoms with Crippen LogP contribution in [0.15, 0.2) is 12.3 Å². The summed E-state index contributed by atoms with van der Waals surface area (Å²) in [6, 6.07) is 1.88. The van der Waals surface area contributed by atoms with Crippen LogP contribution in [0.2, 0.25) is 0 Å². The number of nitrogens with zero attached hydrogens (tertiary/aromatic N) is 1. The molecule has 3 heteroatoms. The summed E-state index contributed by atoms with van der Waals surface area (Å²) < 4.78 is 0. The van der Waals surface area contributed by atoms with E-state index in [1.807, 2.05) is 24.1 Å². The molecule has 0 aromatic carbocycles. The number of carbonyl (C=O) groups is 1. The molecule has 1 N–H and O–H groups in total. The molecule has 0 aliphatic carbocycles. The second kappa shape index (κ2) is 4.51. The summed E-state index contributed by atoms with van der Waals surface area (Å²) in [6.07, 6.45) is 6.65. The van der Waals surface area contributed by atoms with Crippen LogP contribution in [0.4, 0.5) is 0 Å². The quantitative estimate of drug-likeness (QED) is 0.752. The molecule has 1 aliphatic rings. The largest absolute Gasteiger partial charge is 0.365 e. The number of H-pyrrole nitrogens is 1. The molecule has 2 heterocycles. The summed E-state index contributed by atoms with van der Waals surface area (Å²) in [4.78, 5) is 17.2. The van der Waals surface area contributed by atoms with E-state index in [4.69, 9.17) is 0 Å². The molecule has 1 aromatic rings. The molecule has 3 nitrogen and oxygen atoms in total. The molecule has 0 bridgehead atoms. The number of carbonyl (C=O) groups excluding carboxylic acids is 1. The van der Waals surface area contributed by atoms with Gasteiger partial charge in [0.2, 0.25) is 0 Å². The van der Waals surface area contributed by atoms with Crippen molar-refractivity contribution in [3.8, 4) is 0 Å². The zero-order valence-electron chi connectivity index (χ0n) is 9.25. The lowest BCUT2D eigenvalue weighted by Gasteiger charge is -2.19. The van der Waals surface area contributed by atoms with Crippen LogP contribution in [0.3, 0.4) is 0 Å². The highest BCUT2D eigenvalue weighted by atomic mass is 16.2. The molecular formula is C12H18N2O. The molecular weight excluding hydrogens is 188 g/mol. The number of amides is 1.